The van der Waals surface area contributed by atoms with Gasteiger partial charge in [0.2, 0.25) is 0 Å². The number of carboxylic acid groups (broad SMARTS) is 1. The molecule has 1 heterocycles. The first kappa shape index (κ1) is 11.7. The van der Waals surface area contributed by atoms with Gasteiger partial charge in [0.05, 0.1) is 6.04 Å². The highest BCUT2D eigenvalue weighted by molar-refractivity contribution is 5.65. The predicted octanol–water partition coefficient (Wildman–Crippen LogP) is 1.37. The fourth-order valence-corrected chi connectivity index (χ4v) is 1.64. The Balaban J connectivity index is 1.94. The monoisotopic (exact) mass is 236 g/mol. The minimum absolute atomic E-state index is 0.216. The number of ether oxygens (including phenoxy) is 1. The average molecular weight is 236 g/mol. The number of amides is 1. The van der Waals surface area contributed by atoms with Gasteiger partial charge in [-0.1, -0.05) is 12.1 Å². The SMILES string of the molecule is CC(NC(=O)O)c1ccc(OC2CNC2)cc1. The first-order valence-corrected chi connectivity index (χ1v) is 5.62. The Hall–Kier alpha value is -1.75. The molecular weight excluding hydrogens is 220 g/mol. The van der Waals surface area contributed by atoms with Gasteiger partial charge in [0.15, 0.2) is 0 Å². The van der Waals surface area contributed by atoms with E-state index in [1.807, 2.05) is 24.3 Å². The summed E-state index contributed by atoms with van der Waals surface area (Å²) in [5.74, 6) is 0.822. The van der Waals surface area contributed by atoms with E-state index in [1.165, 1.54) is 0 Å². The number of benzene rings is 1. The normalized spacial score (nSPS) is 17.0. The molecule has 0 aliphatic carbocycles. The Labute approximate surface area is 99.8 Å². The van der Waals surface area contributed by atoms with Gasteiger partial charge < -0.3 is 20.5 Å². The van der Waals surface area contributed by atoms with Crippen molar-refractivity contribution in [3.63, 3.8) is 0 Å². The van der Waals surface area contributed by atoms with Crippen molar-refractivity contribution in [1.29, 1.82) is 0 Å². The van der Waals surface area contributed by atoms with Crippen molar-refractivity contribution in [3.05, 3.63) is 29.8 Å². The van der Waals surface area contributed by atoms with Crippen molar-refractivity contribution in [2.45, 2.75) is 19.1 Å². The fourth-order valence-electron chi connectivity index (χ4n) is 1.64. The van der Waals surface area contributed by atoms with Crippen LogP contribution in [0.15, 0.2) is 24.3 Å². The van der Waals surface area contributed by atoms with Crippen LogP contribution in [-0.4, -0.2) is 30.4 Å². The van der Waals surface area contributed by atoms with Crippen LogP contribution in [0.3, 0.4) is 0 Å². The fraction of sp³-hybridized carbons (Fsp3) is 0.417. The summed E-state index contributed by atoms with van der Waals surface area (Å²) in [7, 11) is 0. The highest BCUT2D eigenvalue weighted by Gasteiger charge is 2.18. The van der Waals surface area contributed by atoms with Crippen molar-refractivity contribution >= 4 is 6.09 Å². The highest BCUT2D eigenvalue weighted by atomic mass is 16.5. The second-order valence-electron chi connectivity index (χ2n) is 4.14. The second-order valence-corrected chi connectivity index (χ2v) is 4.14. The molecule has 1 aliphatic rings. The number of carbonyl (C=O) groups is 1. The summed E-state index contributed by atoms with van der Waals surface area (Å²) in [6, 6.07) is 7.28. The van der Waals surface area contributed by atoms with Crippen molar-refractivity contribution in [1.82, 2.24) is 10.6 Å². The van der Waals surface area contributed by atoms with Crippen LogP contribution in [0, 0.1) is 0 Å². The van der Waals surface area contributed by atoms with Gasteiger partial charge in [0.25, 0.3) is 0 Å². The van der Waals surface area contributed by atoms with Gasteiger partial charge >= 0.3 is 6.09 Å². The minimum Gasteiger partial charge on any atom is -0.488 e. The van der Waals surface area contributed by atoms with Crippen LogP contribution < -0.4 is 15.4 Å². The van der Waals surface area contributed by atoms with E-state index in [0.29, 0.717) is 0 Å². The molecule has 1 unspecified atom stereocenters. The van der Waals surface area contributed by atoms with Crippen molar-refractivity contribution in [2.75, 3.05) is 13.1 Å². The molecule has 5 nitrogen and oxygen atoms in total. The molecule has 3 N–H and O–H groups in total. The maximum atomic E-state index is 10.5. The van der Waals surface area contributed by atoms with Gasteiger partial charge in [-0.2, -0.15) is 0 Å². The van der Waals surface area contributed by atoms with Crippen molar-refractivity contribution < 1.29 is 14.6 Å². The summed E-state index contributed by atoms with van der Waals surface area (Å²) >= 11 is 0. The van der Waals surface area contributed by atoms with Gasteiger partial charge in [0.1, 0.15) is 11.9 Å². The molecule has 0 saturated carbocycles. The number of hydrogen-bond donors (Lipinski definition) is 3. The van der Waals surface area contributed by atoms with Gasteiger partial charge in [-0.15, -0.1) is 0 Å². The van der Waals surface area contributed by atoms with E-state index in [9.17, 15) is 4.79 Å². The lowest BCUT2D eigenvalue weighted by Crippen LogP contribution is -2.50. The van der Waals surface area contributed by atoms with Gasteiger partial charge in [0, 0.05) is 13.1 Å². The molecule has 0 aromatic heterocycles. The summed E-state index contributed by atoms with van der Waals surface area (Å²) in [4.78, 5) is 10.5. The van der Waals surface area contributed by atoms with Crippen LogP contribution in [-0.2, 0) is 0 Å². The van der Waals surface area contributed by atoms with E-state index >= 15 is 0 Å². The molecule has 1 aliphatic heterocycles. The highest BCUT2D eigenvalue weighted by Crippen LogP contribution is 2.19. The summed E-state index contributed by atoms with van der Waals surface area (Å²) < 4.78 is 5.67. The van der Waals surface area contributed by atoms with Crippen LogP contribution in [0.5, 0.6) is 5.75 Å². The van der Waals surface area contributed by atoms with Crippen molar-refractivity contribution in [2.24, 2.45) is 0 Å². The zero-order chi connectivity index (χ0) is 12.3. The first-order chi connectivity index (χ1) is 8.15. The smallest absolute Gasteiger partial charge is 0.405 e. The van der Waals surface area contributed by atoms with E-state index in [0.717, 1.165) is 24.4 Å². The van der Waals surface area contributed by atoms with Crippen LogP contribution in [0.25, 0.3) is 0 Å². The lowest BCUT2D eigenvalue weighted by molar-refractivity contribution is 0.142. The van der Waals surface area contributed by atoms with E-state index in [4.69, 9.17) is 9.84 Å². The van der Waals surface area contributed by atoms with Gasteiger partial charge in [-0.05, 0) is 24.6 Å². The Morgan fingerprint density at radius 1 is 1.47 bits per heavy atom. The number of nitrogens with one attached hydrogen (secondary N) is 2. The van der Waals surface area contributed by atoms with Gasteiger partial charge in [-0.25, -0.2) is 4.79 Å². The third kappa shape index (κ3) is 3.10. The van der Waals surface area contributed by atoms with E-state index in [1.54, 1.807) is 6.92 Å². The van der Waals surface area contributed by atoms with E-state index in [2.05, 4.69) is 10.6 Å². The maximum Gasteiger partial charge on any atom is 0.405 e. The third-order valence-electron chi connectivity index (χ3n) is 2.77. The third-order valence-corrected chi connectivity index (χ3v) is 2.77. The summed E-state index contributed by atoms with van der Waals surface area (Å²) in [6.45, 7) is 3.58. The molecule has 2 rings (SSSR count). The van der Waals surface area contributed by atoms with Crippen LogP contribution >= 0.6 is 0 Å². The quantitative estimate of drug-likeness (QED) is 0.738. The molecular formula is C12H16N2O3. The largest absolute Gasteiger partial charge is 0.488 e. The molecule has 92 valence electrons. The molecule has 1 amide bonds. The Morgan fingerprint density at radius 2 is 2.12 bits per heavy atom. The Bertz CT molecular complexity index is 387. The van der Waals surface area contributed by atoms with Crippen LogP contribution in [0.2, 0.25) is 0 Å². The van der Waals surface area contributed by atoms with E-state index < -0.39 is 6.09 Å². The van der Waals surface area contributed by atoms with E-state index in [-0.39, 0.29) is 12.1 Å². The molecule has 1 aromatic carbocycles. The summed E-state index contributed by atoms with van der Waals surface area (Å²) in [5, 5.41) is 14.2. The maximum absolute atomic E-state index is 10.5. The zero-order valence-corrected chi connectivity index (χ0v) is 9.64. The second kappa shape index (κ2) is 5.05. The standard InChI is InChI=1S/C12H16N2O3/c1-8(14-12(15)16)9-2-4-10(5-3-9)17-11-6-13-7-11/h2-5,8,11,13-14H,6-7H2,1H3,(H,15,16). The molecule has 1 saturated heterocycles. The molecule has 0 spiro atoms. The zero-order valence-electron chi connectivity index (χ0n) is 9.64. The Morgan fingerprint density at radius 3 is 2.59 bits per heavy atom. The molecule has 0 bridgehead atoms. The lowest BCUT2D eigenvalue weighted by Gasteiger charge is -2.27. The molecule has 17 heavy (non-hydrogen) atoms. The van der Waals surface area contributed by atoms with Crippen LogP contribution in [0.1, 0.15) is 18.5 Å². The average Bonchev–Trinajstić information content (AvgIpc) is 2.23. The molecule has 0 radical (unpaired) electrons. The Kier molecular flexibility index (Phi) is 3.49. The summed E-state index contributed by atoms with van der Waals surface area (Å²) in [5.41, 5.74) is 0.923. The lowest BCUT2D eigenvalue weighted by atomic mass is 10.1. The number of rotatable bonds is 4. The molecule has 5 heteroatoms. The summed E-state index contributed by atoms with van der Waals surface area (Å²) in [6.07, 6.45) is -0.756. The first-order valence-electron chi connectivity index (χ1n) is 5.62. The molecule has 1 aromatic rings. The van der Waals surface area contributed by atoms with Gasteiger partial charge in [-0.3, -0.25) is 0 Å². The number of hydrogen-bond acceptors (Lipinski definition) is 3. The molecule has 1 fully saturated rings. The van der Waals surface area contributed by atoms with Crippen molar-refractivity contribution in [3.8, 4) is 5.75 Å². The minimum atomic E-state index is -1.02. The predicted molar refractivity (Wildman–Crippen MR) is 63.3 cm³/mol. The molecule has 1 atom stereocenters. The van der Waals surface area contributed by atoms with Crippen LogP contribution in [0.4, 0.5) is 4.79 Å². The topological polar surface area (TPSA) is 70.6 Å².